The summed E-state index contributed by atoms with van der Waals surface area (Å²) in [7, 11) is 0. The van der Waals surface area contributed by atoms with Crippen LogP contribution in [0.25, 0.3) is 0 Å². The molecule has 0 aliphatic carbocycles. The molecule has 0 saturated carbocycles. The second-order valence-corrected chi connectivity index (χ2v) is 6.98. The number of aryl methyl sites for hydroxylation is 1. The number of rotatable bonds is 4. The third-order valence-corrected chi connectivity index (χ3v) is 4.76. The number of hydrogen-bond acceptors (Lipinski definition) is 4. The van der Waals surface area contributed by atoms with E-state index < -0.39 is 0 Å². The van der Waals surface area contributed by atoms with Gasteiger partial charge in [0, 0.05) is 29.2 Å². The average molecular weight is 390 g/mol. The van der Waals surface area contributed by atoms with Gasteiger partial charge in [-0.05, 0) is 56.0 Å². The summed E-state index contributed by atoms with van der Waals surface area (Å²) in [4.78, 5) is 14.4. The molecule has 0 bridgehead atoms. The van der Waals surface area contributed by atoms with Crippen LogP contribution in [0, 0.1) is 12.8 Å². The first-order valence-corrected chi connectivity index (χ1v) is 8.89. The number of ether oxygens (including phenoxy) is 1. The molecule has 1 aliphatic heterocycles. The Kier molecular flexibility index (Phi) is 5.45. The zero-order valence-electron chi connectivity index (χ0n) is 13.6. The summed E-state index contributed by atoms with van der Waals surface area (Å²) in [5, 5.41) is 8.00. The molecule has 0 N–H and O–H groups in total. The molecule has 0 atom stereocenters. The van der Waals surface area contributed by atoms with Crippen LogP contribution >= 0.6 is 15.9 Å². The molecule has 24 heavy (non-hydrogen) atoms. The number of amides is 1. The highest BCUT2D eigenvalue weighted by Gasteiger charge is 2.24. The zero-order chi connectivity index (χ0) is 16.9. The minimum Gasteiger partial charge on any atom is -0.476 e. The van der Waals surface area contributed by atoms with Crippen LogP contribution < -0.4 is 4.74 Å². The highest BCUT2D eigenvalue weighted by atomic mass is 79.9. The van der Waals surface area contributed by atoms with Crippen LogP contribution in [-0.2, 0) is 0 Å². The predicted octanol–water partition coefficient (Wildman–Crippen LogP) is 3.48. The lowest BCUT2D eigenvalue weighted by Gasteiger charge is -2.31. The number of aromatic nitrogens is 2. The summed E-state index contributed by atoms with van der Waals surface area (Å²) < 4.78 is 6.69. The first-order valence-electron chi connectivity index (χ1n) is 8.10. The first-order chi connectivity index (χ1) is 11.6. The van der Waals surface area contributed by atoms with Crippen molar-refractivity contribution in [3.63, 3.8) is 0 Å². The molecular formula is C18H20BrN3O2. The van der Waals surface area contributed by atoms with E-state index in [0.717, 1.165) is 41.7 Å². The van der Waals surface area contributed by atoms with Crippen molar-refractivity contribution in [2.75, 3.05) is 19.7 Å². The summed E-state index contributed by atoms with van der Waals surface area (Å²) in [5.41, 5.74) is 1.62. The minimum absolute atomic E-state index is 0.103. The van der Waals surface area contributed by atoms with E-state index in [4.69, 9.17) is 4.74 Å². The largest absolute Gasteiger partial charge is 0.476 e. The molecule has 5 nitrogen and oxygen atoms in total. The number of carbonyl (C=O) groups is 1. The van der Waals surface area contributed by atoms with Gasteiger partial charge in [-0.1, -0.05) is 15.9 Å². The Morgan fingerprint density at radius 1 is 1.17 bits per heavy atom. The smallest absolute Gasteiger partial charge is 0.253 e. The van der Waals surface area contributed by atoms with Crippen molar-refractivity contribution in [1.29, 1.82) is 0 Å². The van der Waals surface area contributed by atoms with Gasteiger partial charge in [0.2, 0.25) is 5.88 Å². The topological polar surface area (TPSA) is 55.3 Å². The van der Waals surface area contributed by atoms with Gasteiger partial charge in [-0.2, -0.15) is 5.10 Å². The predicted molar refractivity (Wildman–Crippen MR) is 95.0 cm³/mol. The summed E-state index contributed by atoms with van der Waals surface area (Å²) in [6.07, 6.45) is 1.89. The van der Waals surface area contributed by atoms with Gasteiger partial charge in [0.15, 0.2) is 0 Å². The van der Waals surface area contributed by atoms with Crippen LogP contribution in [0.15, 0.2) is 40.9 Å². The molecule has 2 aromatic rings. The van der Waals surface area contributed by atoms with Gasteiger partial charge in [-0.15, -0.1) is 5.10 Å². The number of halogens is 1. The molecule has 126 valence electrons. The van der Waals surface area contributed by atoms with Gasteiger partial charge in [0.1, 0.15) is 0 Å². The normalized spacial score (nSPS) is 15.3. The molecule has 1 saturated heterocycles. The van der Waals surface area contributed by atoms with Crippen molar-refractivity contribution in [2.45, 2.75) is 19.8 Å². The van der Waals surface area contributed by atoms with Gasteiger partial charge >= 0.3 is 0 Å². The number of likely N-dealkylation sites (tertiary alicyclic amines) is 1. The Morgan fingerprint density at radius 3 is 2.50 bits per heavy atom. The van der Waals surface area contributed by atoms with E-state index >= 15 is 0 Å². The number of nitrogens with zero attached hydrogens (tertiary/aromatic N) is 3. The molecule has 1 fully saturated rings. The molecular weight excluding hydrogens is 370 g/mol. The molecule has 6 heteroatoms. The van der Waals surface area contributed by atoms with Gasteiger partial charge < -0.3 is 9.64 Å². The third-order valence-electron chi connectivity index (χ3n) is 4.23. The fourth-order valence-electron chi connectivity index (χ4n) is 2.74. The standard InChI is InChI=1S/C18H20BrN3O2/c1-13-2-7-17(21-20-13)24-12-14-8-10-22(11-9-14)18(23)15-3-5-16(19)6-4-15/h2-7,14H,8-12H2,1H3. The summed E-state index contributed by atoms with van der Waals surface area (Å²) in [5.74, 6) is 1.11. The van der Waals surface area contributed by atoms with Crippen molar-refractivity contribution in [2.24, 2.45) is 5.92 Å². The van der Waals surface area contributed by atoms with E-state index in [1.54, 1.807) is 0 Å². The minimum atomic E-state index is 0.103. The summed E-state index contributed by atoms with van der Waals surface area (Å²) in [6, 6.07) is 11.2. The number of piperidine rings is 1. The second-order valence-electron chi connectivity index (χ2n) is 6.07. The van der Waals surface area contributed by atoms with Crippen molar-refractivity contribution in [1.82, 2.24) is 15.1 Å². The van der Waals surface area contributed by atoms with E-state index in [9.17, 15) is 4.79 Å². The summed E-state index contributed by atoms with van der Waals surface area (Å²) in [6.45, 7) is 4.05. The number of carbonyl (C=O) groups excluding carboxylic acids is 1. The van der Waals surface area contributed by atoms with Gasteiger partial charge in [-0.3, -0.25) is 4.79 Å². The van der Waals surface area contributed by atoms with Crippen LogP contribution in [0.1, 0.15) is 28.9 Å². The fourth-order valence-corrected chi connectivity index (χ4v) is 3.01. The SMILES string of the molecule is Cc1ccc(OCC2CCN(C(=O)c3ccc(Br)cc3)CC2)nn1. The van der Waals surface area contributed by atoms with E-state index in [1.807, 2.05) is 48.2 Å². The van der Waals surface area contributed by atoms with Crippen molar-refractivity contribution < 1.29 is 9.53 Å². The lowest BCUT2D eigenvalue weighted by Crippen LogP contribution is -2.39. The highest BCUT2D eigenvalue weighted by molar-refractivity contribution is 9.10. The fraction of sp³-hybridized carbons (Fsp3) is 0.389. The maximum Gasteiger partial charge on any atom is 0.253 e. The van der Waals surface area contributed by atoms with Gasteiger partial charge in [0.05, 0.1) is 12.3 Å². The maximum absolute atomic E-state index is 12.5. The van der Waals surface area contributed by atoms with E-state index in [-0.39, 0.29) is 5.91 Å². The van der Waals surface area contributed by atoms with Crippen LogP contribution in [0.2, 0.25) is 0 Å². The Bertz CT molecular complexity index is 680. The van der Waals surface area contributed by atoms with Crippen LogP contribution in [0.5, 0.6) is 5.88 Å². The lowest BCUT2D eigenvalue weighted by molar-refractivity contribution is 0.0659. The quantitative estimate of drug-likeness (QED) is 0.802. The van der Waals surface area contributed by atoms with Crippen LogP contribution in [0.4, 0.5) is 0 Å². The Morgan fingerprint density at radius 2 is 1.88 bits per heavy atom. The third kappa shape index (κ3) is 4.32. The summed E-state index contributed by atoms with van der Waals surface area (Å²) >= 11 is 3.39. The highest BCUT2D eigenvalue weighted by Crippen LogP contribution is 2.21. The van der Waals surface area contributed by atoms with Crippen LogP contribution in [-0.4, -0.2) is 40.7 Å². The number of hydrogen-bond donors (Lipinski definition) is 0. The van der Waals surface area contributed by atoms with Crippen molar-refractivity contribution in [3.8, 4) is 5.88 Å². The molecule has 2 heterocycles. The molecule has 1 aromatic heterocycles. The van der Waals surface area contributed by atoms with E-state index in [0.29, 0.717) is 18.4 Å². The maximum atomic E-state index is 12.5. The van der Waals surface area contributed by atoms with Crippen molar-refractivity contribution >= 4 is 21.8 Å². The Labute approximate surface area is 150 Å². The molecule has 0 unspecified atom stereocenters. The molecule has 1 amide bonds. The molecule has 0 spiro atoms. The van der Waals surface area contributed by atoms with E-state index in [2.05, 4.69) is 26.1 Å². The second kappa shape index (κ2) is 7.75. The van der Waals surface area contributed by atoms with Gasteiger partial charge in [-0.25, -0.2) is 0 Å². The van der Waals surface area contributed by atoms with Crippen molar-refractivity contribution in [3.05, 3.63) is 52.1 Å². The first kappa shape index (κ1) is 16.9. The van der Waals surface area contributed by atoms with Gasteiger partial charge in [0.25, 0.3) is 5.91 Å². The average Bonchev–Trinajstić information content (AvgIpc) is 2.62. The molecule has 0 radical (unpaired) electrons. The molecule has 1 aromatic carbocycles. The Hall–Kier alpha value is -1.95. The molecule has 1 aliphatic rings. The Balaban J connectivity index is 1.47. The van der Waals surface area contributed by atoms with E-state index in [1.165, 1.54) is 0 Å². The molecule has 3 rings (SSSR count). The van der Waals surface area contributed by atoms with Crippen LogP contribution in [0.3, 0.4) is 0 Å². The zero-order valence-corrected chi connectivity index (χ0v) is 15.2. The monoisotopic (exact) mass is 389 g/mol. The lowest BCUT2D eigenvalue weighted by atomic mass is 9.97. The number of benzene rings is 1.